The van der Waals surface area contributed by atoms with Crippen molar-refractivity contribution in [1.82, 2.24) is 29.9 Å². The van der Waals surface area contributed by atoms with E-state index in [9.17, 15) is 0 Å². The van der Waals surface area contributed by atoms with E-state index < -0.39 is 0 Å². The minimum atomic E-state index is 0.558. The molecule has 0 aliphatic rings. The topological polar surface area (TPSA) is 98.3 Å². The standard InChI is InChI=1S/C21H19N7S/c1-13-3-2-4-18(26-13)21-17(10-24-27-21)19-7-15-16(9-23-11-20(15)29-19)14-8-25-28(12-14)6-5-22/h2-4,7-12H,5-6,22H2,1H3,(H,24,27). The molecule has 0 unspecified atom stereocenters. The summed E-state index contributed by atoms with van der Waals surface area (Å²) in [5.74, 6) is 0. The molecule has 0 aromatic carbocycles. The van der Waals surface area contributed by atoms with Crippen LogP contribution in [0.5, 0.6) is 0 Å². The van der Waals surface area contributed by atoms with E-state index in [0.717, 1.165) is 48.7 Å². The largest absolute Gasteiger partial charge is 0.329 e. The van der Waals surface area contributed by atoms with Gasteiger partial charge in [-0.2, -0.15) is 10.2 Å². The first-order chi connectivity index (χ1) is 14.2. The van der Waals surface area contributed by atoms with Gasteiger partial charge in [-0.15, -0.1) is 11.3 Å². The van der Waals surface area contributed by atoms with Gasteiger partial charge < -0.3 is 5.73 Å². The molecule has 5 heterocycles. The summed E-state index contributed by atoms with van der Waals surface area (Å²) in [6.07, 6.45) is 9.53. The summed E-state index contributed by atoms with van der Waals surface area (Å²) in [6.45, 7) is 3.24. The molecule has 0 radical (unpaired) electrons. The Balaban J connectivity index is 1.61. The van der Waals surface area contributed by atoms with Crippen LogP contribution in [0.2, 0.25) is 0 Å². The number of aromatic nitrogens is 6. The van der Waals surface area contributed by atoms with Crippen LogP contribution < -0.4 is 5.73 Å². The lowest BCUT2D eigenvalue weighted by Gasteiger charge is -2.01. The SMILES string of the molecule is Cc1cccc(-c2[nH]ncc2-c2cc3c(-c4cnn(CCN)c4)cncc3s2)n1. The van der Waals surface area contributed by atoms with Crippen molar-refractivity contribution in [2.45, 2.75) is 13.5 Å². The molecule has 0 aliphatic heterocycles. The Hall–Kier alpha value is -3.36. The number of aryl methyl sites for hydroxylation is 1. The zero-order valence-electron chi connectivity index (χ0n) is 15.8. The summed E-state index contributed by atoms with van der Waals surface area (Å²) >= 11 is 1.70. The van der Waals surface area contributed by atoms with Crippen molar-refractivity contribution in [1.29, 1.82) is 0 Å². The first-order valence-corrected chi connectivity index (χ1v) is 10.1. The maximum absolute atomic E-state index is 5.64. The van der Waals surface area contributed by atoms with Crippen LogP contribution in [0.15, 0.2) is 55.2 Å². The van der Waals surface area contributed by atoms with Gasteiger partial charge in [-0.05, 0) is 25.1 Å². The van der Waals surface area contributed by atoms with Gasteiger partial charge in [0.05, 0.1) is 35.0 Å². The van der Waals surface area contributed by atoms with Gasteiger partial charge in [-0.3, -0.25) is 19.7 Å². The number of nitrogens with one attached hydrogen (secondary N) is 1. The molecular formula is C21H19N7S. The first kappa shape index (κ1) is 17.7. The first-order valence-electron chi connectivity index (χ1n) is 9.31. The zero-order valence-corrected chi connectivity index (χ0v) is 16.6. The van der Waals surface area contributed by atoms with E-state index in [4.69, 9.17) is 5.73 Å². The molecule has 5 aromatic heterocycles. The van der Waals surface area contributed by atoms with Crippen molar-refractivity contribution < 1.29 is 0 Å². The fraction of sp³-hybridized carbons (Fsp3) is 0.143. The monoisotopic (exact) mass is 401 g/mol. The van der Waals surface area contributed by atoms with E-state index in [1.54, 1.807) is 11.3 Å². The maximum atomic E-state index is 5.64. The number of rotatable bonds is 5. The highest BCUT2D eigenvalue weighted by molar-refractivity contribution is 7.22. The summed E-state index contributed by atoms with van der Waals surface area (Å²) in [5.41, 5.74) is 11.6. The van der Waals surface area contributed by atoms with E-state index in [1.807, 2.05) is 60.8 Å². The van der Waals surface area contributed by atoms with E-state index in [2.05, 4.69) is 31.3 Å². The van der Waals surface area contributed by atoms with Crippen molar-refractivity contribution in [3.05, 3.63) is 60.9 Å². The van der Waals surface area contributed by atoms with Crippen LogP contribution in [0, 0.1) is 6.92 Å². The number of fused-ring (bicyclic) bond motifs is 1. The van der Waals surface area contributed by atoms with Gasteiger partial charge in [0.15, 0.2) is 0 Å². The third kappa shape index (κ3) is 3.22. The number of hydrogen-bond donors (Lipinski definition) is 2. The molecule has 0 amide bonds. The second-order valence-electron chi connectivity index (χ2n) is 6.81. The van der Waals surface area contributed by atoms with Gasteiger partial charge in [0, 0.05) is 57.8 Å². The highest BCUT2D eigenvalue weighted by atomic mass is 32.1. The molecule has 3 N–H and O–H groups in total. The number of thiophene rings is 1. The van der Waals surface area contributed by atoms with Crippen molar-refractivity contribution in [3.8, 4) is 33.0 Å². The Morgan fingerprint density at radius 1 is 1.14 bits per heavy atom. The number of nitrogens with two attached hydrogens (primary N) is 1. The van der Waals surface area contributed by atoms with Gasteiger partial charge in [0.25, 0.3) is 0 Å². The Morgan fingerprint density at radius 2 is 2.07 bits per heavy atom. The van der Waals surface area contributed by atoms with Crippen LogP contribution in [0.3, 0.4) is 0 Å². The molecule has 0 bridgehead atoms. The van der Waals surface area contributed by atoms with E-state index >= 15 is 0 Å². The highest BCUT2D eigenvalue weighted by Gasteiger charge is 2.16. The van der Waals surface area contributed by atoms with E-state index in [0.29, 0.717) is 13.1 Å². The van der Waals surface area contributed by atoms with Gasteiger partial charge in [0.2, 0.25) is 0 Å². The second kappa shape index (κ2) is 7.23. The number of nitrogens with zero attached hydrogens (tertiary/aromatic N) is 5. The summed E-state index contributed by atoms with van der Waals surface area (Å²) in [5, 5.41) is 12.9. The third-order valence-corrected chi connectivity index (χ3v) is 5.90. The summed E-state index contributed by atoms with van der Waals surface area (Å²) < 4.78 is 2.98. The minimum absolute atomic E-state index is 0.558. The molecule has 0 saturated heterocycles. The van der Waals surface area contributed by atoms with Gasteiger partial charge >= 0.3 is 0 Å². The third-order valence-electron chi connectivity index (χ3n) is 4.80. The summed E-state index contributed by atoms with van der Waals surface area (Å²) in [4.78, 5) is 10.2. The van der Waals surface area contributed by atoms with E-state index in [-0.39, 0.29) is 0 Å². The number of pyridine rings is 2. The molecule has 0 atom stereocenters. The molecule has 5 aromatic rings. The second-order valence-corrected chi connectivity index (χ2v) is 7.90. The highest BCUT2D eigenvalue weighted by Crippen LogP contribution is 2.40. The lowest BCUT2D eigenvalue weighted by Crippen LogP contribution is -2.09. The Bertz CT molecular complexity index is 1300. The summed E-state index contributed by atoms with van der Waals surface area (Å²) in [7, 11) is 0. The lowest BCUT2D eigenvalue weighted by molar-refractivity contribution is 0.625. The van der Waals surface area contributed by atoms with Crippen LogP contribution in [0.4, 0.5) is 0 Å². The normalized spacial score (nSPS) is 11.4. The molecule has 0 spiro atoms. The average molecular weight is 401 g/mol. The smallest absolute Gasteiger partial charge is 0.0921 e. The quantitative estimate of drug-likeness (QED) is 0.466. The predicted octanol–water partition coefficient (Wildman–Crippen LogP) is 3.88. The van der Waals surface area contributed by atoms with Gasteiger partial charge in [0.1, 0.15) is 0 Å². The fourth-order valence-electron chi connectivity index (χ4n) is 3.43. The van der Waals surface area contributed by atoms with Crippen LogP contribution in [0.1, 0.15) is 5.69 Å². The van der Waals surface area contributed by atoms with Crippen molar-refractivity contribution >= 4 is 21.4 Å². The minimum Gasteiger partial charge on any atom is -0.329 e. The molecule has 0 fully saturated rings. The fourth-order valence-corrected chi connectivity index (χ4v) is 4.50. The number of aromatic amines is 1. The van der Waals surface area contributed by atoms with Crippen molar-refractivity contribution in [3.63, 3.8) is 0 Å². The molecule has 8 heteroatoms. The Morgan fingerprint density at radius 3 is 2.93 bits per heavy atom. The zero-order chi connectivity index (χ0) is 19.8. The molecule has 7 nitrogen and oxygen atoms in total. The average Bonchev–Trinajstić information content (AvgIpc) is 3.46. The van der Waals surface area contributed by atoms with Gasteiger partial charge in [-0.25, -0.2) is 0 Å². The predicted molar refractivity (Wildman–Crippen MR) is 115 cm³/mol. The molecule has 0 aliphatic carbocycles. The van der Waals surface area contributed by atoms with Gasteiger partial charge in [-0.1, -0.05) is 6.07 Å². The number of hydrogen-bond acceptors (Lipinski definition) is 6. The molecule has 0 saturated carbocycles. The lowest BCUT2D eigenvalue weighted by atomic mass is 10.1. The molecule has 5 rings (SSSR count). The van der Waals surface area contributed by atoms with Crippen LogP contribution in [0.25, 0.3) is 43.0 Å². The molecule has 29 heavy (non-hydrogen) atoms. The van der Waals surface area contributed by atoms with Crippen molar-refractivity contribution in [2.24, 2.45) is 5.73 Å². The summed E-state index contributed by atoms with van der Waals surface area (Å²) in [6, 6.07) is 8.19. The van der Waals surface area contributed by atoms with Crippen LogP contribution in [-0.4, -0.2) is 36.5 Å². The molecule has 144 valence electrons. The van der Waals surface area contributed by atoms with Crippen LogP contribution >= 0.6 is 11.3 Å². The Labute approximate surface area is 171 Å². The number of H-pyrrole nitrogens is 1. The van der Waals surface area contributed by atoms with Crippen molar-refractivity contribution in [2.75, 3.05) is 6.54 Å². The van der Waals surface area contributed by atoms with Crippen LogP contribution in [-0.2, 0) is 6.54 Å². The van der Waals surface area contributed by atoms with E-state index in [1.165, 1.54) is 0 Å². The maximum Gasteiger partial charge on any atom is 0.0921 e. The Kier molecular flexibility index (Phi) is 4.42. The molecular weight excluding hydrogens is 382 g/mol.